The van der Waals surface area contributed by atoms with Gasteiger partial charge >= 0.3 is 6.18 Å². The highest BCUT2D eigenvalue weighted by molar-refractivity contribution is 4.73. The Kier molecular flexibility index (Phi) is 9.27. The average Bonchev–Trinajstić information content (AvgIpc) is 2.42. The van der Waals surface area contributed by atoms with Gasteiger partial charge in [-0.3, -0.25) is 4.90 Å². The van der Waals surface area contributed by atoms with Gasteiger partial charge in [0.1, 0.15) is 0 Å². The second-order valence-electron chi connectivity index (χ2n) is 5.90. The molecule has 0 atom stereocenters. The Balaban J connectivity index is 1.94. The summed E-state index contributed by atoms with van der Waals surface area (Å²) in [6.45, 7) is 7.27. The molecule has 1 saturated heterocycles. The molecular formula is C15H30F3N3. The summed E-state index contributed by atoms with van der Waals surface area (Å²) < 4.78 is 36.8. The normalized spacial score (nSPS) is 18.3. The highest BCUT2D eigenvalue weighted by Gasteiger charge is 2.31. The Bertz CT molecular complexity index is 251. The zero-order valence-corrected chi connectivity index (χ0v) is 13.2. The Labute approximate surface area is 126 Å². The van der Waals surface area contributed by atoms with Crippen LogP contribution in [0.1, 0.15) is 39.0 Å². The molecule has 21 heavy (non-hydrogen) atoms. The maximum atomic E-state index is 12.3. The van der Waals surface area contributed by atoms with Gasteiger partial charge in [0.2, 0.25) is 0 Å². The van der Waals surface area contributed by atoms with Crippen LogP contribution in [0, 0.1) is 0 Å². The van der Waals surface area contributed by atoms with Gasteiger partial charge in [-0.05, 0) is 38.9 Å². The van der Waals surface area contributed by atoms with Crippen LogP contribution >= 0.6 is 0 Å². The van der Waals surface area contributed by atoms with Gasteiger partial charge in [0, 0.05) is 26.2 Å². The number of rotatable bonds is 10. The van der Waals surface area contributed by atoms with Gasteiger partial charge in [0.15, 0.2) is 0 Å². The molecule has 0 saturated carbocycles. The van der Waals surface area contributed by atoms with Crippen LogP contribution in [-0.4, -0.2) is 68.3 Å². The van der Waals surface area contributed by atoms with Gasteiger partial charge in [-0.2, -0.15) is 13.2 Å². The SMILES string of the molecule is CCCNCCCCCCN1CCN(CC(F)(F)F)CC1. The number of unbranched alkanes of at least 4 members (excludes halogenated alkanes) is 3. The third-order valence-corrected chi connectivity index (χ3v) is 3.87. The Hall–Kier alpha value is -0.330. The molecular weight excluding hydrogens is 279 g/mol. The summed E-state index contributed by atoms with van der Waals surface area (Å²) in [4.78, 5) is 3.80. The second kappa shape index (κ2) is 10.4. The van der Waals surface area contributed by atoms with E-state index in [1.165, 1.54) is 30.6 Å². The van der Waals surface area contributed by atoms with Gasteiger partial charge in [-0.1, -0.05) is 19.8 Å². The molecule has 0 bridgehead atoms. The molecule has 1 rings (SSSR count). The number of halogens is 3. The first-order chi connectivity index (χ1) is 10.0. The molecule has 0 unspecified atom stereocenters. The molecule has 0 spiro atoms. The van der Waals surface area contributed by atoms with Crippen LogP contribution in [0.15, 0.2) is 0 Å². The number of piperazine rings is 1. The van der Waals surface area contributed by atoms with Crippen LogP contribution in [0.2, 0.25) is 0 Å². The third kappa shape index (κ3) is 10.1. The number of hydrogen-bond donors (Lipinski definition) is 1. The number of nitrogens with one attached hydrogen (secondary N) is 1. The highest BCUT2D eigenvalue weighted by atomic mass is 19.4. The zero-order chi connectivity index (χ0) is 15.6. The summed E-state index contributed by atoms with van der Waals surface area (Å²) in [5.41, 5.74) is 0. The van der Waals surface area contributed by atoms with Crippen molar-refractivity contribution in [2.75, 3.05) is 52.4 Å². The summed E-state index contributed by atoms with van der Waals surface area (Å²) in [6, 6.07) is 0. The molecule has 0 aromatic heterocycles. The number of hydrogen-bond acceptors (Lipinski definition) is 3. The Morgan fingerprint density at radius 2 is 1.48 bits per heavy atom. The van der Waals surface area contributed by atoms with Crippen molar-refractivity contribution in [3.63, 3.8) is 0 Å². The molecule has 1 N–H and O–H groups in total. The first-order valence-corrected chi connectivity index (χ1v) is 8.23. The average molecular weight is 309 g/mol. The smallest absolute Gasteiger partial charge is 0.317 e. The van der Waals surface area contributed by atoms with Crippen LogP contribution in [0.25, 0.3) is 0 Å². The van der Waals surface area contributed by atoms with E-state index in [4.69, 9.17) is 0 Å². The second-order valence-corrected chi connectivity index (χ2v) is 5.90. The molecule has 1 aliphatic rings. The van der Waals surface area contributed by atoms with E-state index in [2.05, 4.69) is 17.1 Å². The van der Waals surface area contributed by atoms with Crippen molar-refractivity contribution in [1.29, 1.82) is 0 Å². The largest absolute Gasteiger partial charge is 0.401 e. The first-order valence-electron chi connectivity index (χ1n) is 8.23. The van der Waals surface area contributed by atoms with Crippen molar-refractivity contribution in [1.82, 2.24) is 15.1 Å². The molecule has 1 heterocycles. The van der Waals surface area contributed by atoms with Crippen LogP contribution < -0.4 is 5.32 Å². The molecule has 0 aromatic carbocycles. The lowest BCUT2D eigenvalue weighted by Gasteiger charge is -2.34. The summed E-state index contributed by atoms with van der Waals surface area (Å²) in [5, 5.41) is 3.39. The maximum absolute atomic E-state index is 12.3. The molecule has 0 aliphatic carbocycles. The maximum Gasteiger partial charge on any atom is 0.401 e. The van der Waals surface area contributed by atoms with E-state index in [-0.39, 0.29) is 0 Å². The molecule has 126 valence electrons. The molecule has 1 fully saturated rings. The predicted octanol–water partition coefficient (Wildman–Crippen LogP) is 2.73. The van der Waals surface area contributed by atoms with Crippen molar-refractivity contribution in [2.24, 2.45) is 0 Å². The van der Waals surface area contributed by atoms with Crippen molar-refractivity contribution in [3.05, 3.63) is 0 Å². The predicted molar refractivity (Wildman–Crippen MR) is 80.6 cm³/mol. The van der Waals surface area contributed by atoms with Gasteiger partial charge < -0.3 is 10.2 Å². The first kappa shape index (κ1) is 18.7. The van der Waals surface area contributed by atoms with Crippen LogP contribution in [-0.2, 0) is 0 Å². The monoisotopic (exact) mass is 309 g/mol. The van der Waals surface area contributed by atoms with E-state index in [0.717, 1.165) is 39.1 Å². The van der Waals surface area contributed by atoms with Gasteiger partial charge in [-0.25, -0.2) is 0 Å². The quantitative estimate of drug-likeness (QED) is 0.626. The van der Waals surface area contributed by atoms with Crippen molar-refractivity contribution in [2.45, 2.75) is 45.2 Å². The van der Waals surface area contributed by atoms with Crippen LogP contribution in [0.4, 0.5) is 13.2 Å². The lowest BCUT2D eigenvalue weighted by atomic mass is 10.1. The molecule has 3 nitrogen and oxygen atoms in total. The molecule has 1 aliphatic heterocycles. The van der Waals surface area contributed by atoms with Crippen LogP contribution in [0.3, 0.4) is 0 Å². The van der Waals surface area contributed by atoms with E-state index in [1.807, 2.05) is 0 Å². The summed E-state index contributed by atoms with van der Waals surface area (Å²) in [5.74, 6) is 0. The topological polar surface area (TPSA) is 18.5 Å². The number of nitrogens with zero attached hydrogens (tertiary/aromatic N) is 2. The summed E-state index contributed by atoms with van der Waals surface area (Å²) in [7, 11) is 0. The van der Waals surface area contributed by atoms with Crippen molar-refractivity contribution < 1.29 is 13.2 Å². The van der Waals surface area contributed by atoms with Crippen molar-refractivity contribution in [3.8, 4) is 0 Å². The fourth-order valence-electron chi connectivity index (χ4n) is 2.67. The van der Waals surface area contributed by atoms with E-state index in [0.29, 0.717) is 13.1 Å². The fraction of sp³-hybridized carbons (Fsp3) is 1.00. The zero-order valence-electron chi connectivity index (χ0n) is 13.2. The fourth-order valence-corrected chi connectivity index (χ4v) is 2.67. The van der Waals surface area contributed by atoms with Crippen LogP contribution in [0.5, 0.6) is 0 Å². The summed E-state index contributed by atoms with van der Waals surface area (Å²) in [6.07, 6.45) is 1.96. The van der Waals surface area contributed by atoms with E-state index < -0.39 is 12.7 Å². The lowest BCUT2D eigenvalue weighted by Crippen LogP contribution is -2.49. The minimum atomic E-state index is -4.06. The third-order valence-electron chi connectivity index (χ3n) is 3.87. The van der Waals surface area contributed by atoms with Gasteiger partial charge in [0.05, 0.1) is 6.54 Å². The van der Waals surface area contributed by atoms with Gasteiger partial charge in [-0.15, -0.1) is 0 Å². The van der Waals surface area contributed by atoms with E-state index in [1.54, 1.807) is 0 Å². The lowest BCUT2D eigenvalue weighted by molar-refractivity contribution is -0.149. The minimum Gasteiger partial charge on any atom is -0.317 e. The molecule has 0 aromatic rings. The highest BCUT2D eigenvalue weighted by Crippen LogP contribution is 2.17. The standard InChI is InChI=1S/C15H30F3N3/c1-2-7-19-8-5-3-4-6-9-20-10-12-21(13-11-20)14-15(16,17)18/h19H,2-14H2,1H3. The summed E-state index contributed by atoms with van der Waals surface area (Å²) >= 11 is 0. The van der Waals surface area contributed by atoms with Crippen molar-refractivity contribution >= 4 is 0 Å². The van der Waals surface area contributed by atoms with E-state index in [9.17, 15) is 13.2 Å². The minimum absolute atomic E-state index is 0.542. The van der Waals surface area contributed by atoms with Gasteiger partial charge in [0.25, 0.3) is 0 Å². The molecule has 0 radical (unpaired) electrons. The Morgan fingerprint density at radius 1 is 0.857 bits per heavy atom. The molecule has 0 amide bonds. The van der Waals surface area contributed by atoms with E-state index >= 15 is 0 Å². The number of alkyl halides is 3. The Morgan fingerprint density at radius 3 is 2.10 bits per heavy atom. The molecule has 6 heteroatoms.